The minimum absolute atomic E-state index is 0.00481. The first-order chi connectivity index (χ1) is 11.1. The van der Waals surface area contributed by atoms with Gasteiger partial charge in [0.1, 0.15) is 5.52 Å². The van der Waals surface area contributed by atoms with Gasteiger partial charge in [-0.15, -0.1) is 0 Å². The Kier molecular flexibility index (Phi) is 2.61. The number of hydrogen-bond donors (Lipinski definition) is 2. The number of thiazole rings is 1. The number of benzene rings is 1. The van der Waals surface area contributed by atoms with Crippen LogP contribution in [0.5, 0.6) is 11.5 Å². The van der Waals surface area contributed by atoms with E-state index >= 15 is 0 Å². The third kappa shape index (κ3) is 1.73. The molecule has 0 spiro atoms. The largest absolute Gasteiger partial charge is 0.454 e. The molecule has 2 fully saturated rings. The van der Waals surface area contributed by atoms with Crippen LogP contribution in [0.2, 0.25) is 0 Å². The molecule has 4 atom stereocenters. The van der Waals surface area contributed by atoms with Gasteiger partial charge in [0, 0.05) is 6.04 Å². The molecule has 0 radical (unpaired) electrons. The number of rotatable bonds is 1. The normalized spacial score (nSPS) is 31.7. The van der Waals surface area contributed by atoms with Crippen LogP contribution in [-0.2, 0) is 0 Å². The molecule has 1 aromatic carbocycles. The Labute approximate surface area is 136 Å². The molecule has 1 saturated carbocycles. The summed E-state index contributed by atoms with van der Waals surface area (Å²) in [5.41, 5.74) is 6.98. The number of carbonyl (C=O) groups is 1. The molecule has 3 N–H and O–H groups in total. The van der Waals surface area contributed by atoms with Crippen molar-refractivity contribution in [2.75, 3.05) is 11.7 Å². The Hall–Kier alpha value is -2.06. The van der Waals surface area contributed by atoms with Gasteiger partial charge in [-0.2, -0.15) is 0 Å². The zero-order valence-corrected chi connectivity index (χ0v) is 13.3. The van der Waals surface area contributed by atoms with Crippen LogP contribution in [-0.4, -0.2) is 35.9 Å². The fourth-order valence-electron chi connectivity index (χ4n) is 3.79. The number of anilines is 1. The van der Waals surface area contributed by atoms with Gasteiger partial charge in [0.05, 0.1) is 16.8 Å². The van der Waals surface area contributed by atoms with Crippen LogP contribution >= 0.6 is 11.3 Å². The van der Waals surface area contributed by atoms with E-state index in [1.165, 1.54) is 11.3 Å². The van der Waals surface area contributed by atoms with Gasteiger partial charge in [-0.3, -0.25) is 4.90 Å². The molecular formula is C15H16N4O3S. The lowest BCUT2D eigenvalue weighted by molar-refractivity contribution is 0.174. The van der Waals surface area contributed by atoms with Gasteiger partial charge >= 0.3 is 6.03 Å². The lowest BCUT2D eigenvalue weighted by Gasteiger charge is -2.18. The molecule has 1 aromatic heterocycles. The SMILES string of the molecule is C[C@H]1C[C@@H]2[C@@H](NC(=O)N2c2nc3c4c(ccc3s2)OCO4)[C@@H]1N. The van der Waals surface area contributed by atoms with E-state index in [0.717, 1.165) is 16.6 Å². The Morgan fingerprint density at radius 2 is 2.30 bits per heavy atom. The summed E-state index contributed by atoms with van der Waals surface area (Å²) in [6.07, 6.45) is 0.887. The van der Waals surface area contributed by atoms with E-state index in [1.54, 1.807) is 4.90 Å². The monoisotopic (exact) mass is 332 g/mol. The zero-order valence-electron chi connectivity index (χ0n) is 12.5. The summed E-state index contributed by atoms with van der Waals surface area (Å²) in [6, 6.07) is 3.78. The third-order valence-electron chi connectivity index (χ3n) is 5.03. The Morgan fingerprint density at radius 3 is 3.17 bits per heavy atom. The van der Waals surface area contributed by atoms with Crippen LogP contribution in [0.4, 0.5) is 9.93 Å². The Bertz CT molecular complexity index is 822. The van der Waals surface area contributed by atoms with Crippen LogP contribution in [0.25, 0.3) is 10.2 Å². The van der Waals surface area contributed by atoms with Crippen LogP contribution < -0.4 is 25.4 Å². The molecule has 1 saturated heterocycles. The molecule has 3 aliphatic rings. The summed E-state index contributed by atoms with van der Waals surface area (Å²) in [7, 11) is 0. The Balaban J connectivity index is 1.59. The highest BCUT2D eigenvalue weighted by atomic mass is 32.1. The van der Waals surface area contributed by atoms with E-state index in [4.69, 9.17) is 15.2 Å². The molecule has 7 nitrogen and oxygen atoms in total. The highest BCUT2D eigenvalue weighted by Gasteiger charge is 2.50. The molecule has 23 heavy (non-hydrogen) atoms. The van der Waals surface area contributed by atoms with Crippen molar-refractivity contribution in [1.29, 1.82) is 0 Å². The van der Waals surface area contributed by atoms with Gasteiger partial charge in [0.15, 0.2) is 16.6 Å². The van der Waals surface area contributed by atoms with Gasteiger partial charge in [0.2, 0.25) is 6.79 Å². The highest BCUT2D eigenvalue weighted by molar-refractivity contribution is 7.22. The van der Waals surface area contributed by atoms with Gasteiger partial charge in [-0.1, -0.05) is 18.3 Å². The zero-order chi connectivity index (χ0) is 15.7. The molecule has 0 unspecified atom stereocenters. The minimum Gasteiger partial charge on any atom is -0.454 e. The predicted molar refractivity (Wildman–Crippen MR) is 86.1 cm³/mol. The van der Waals surface area contributed by atoms with E-state index in [2.05, 4.69) is 17.2 Å². The van der Waals surface area contributed by atoms with E-state index < -0.39 is 0 Å². The van der Waals surface area contributed by atoms with E-state index in [0.29, 0.717) is 22.5 Å². The first-order valence-electron chi connectivity index (χ1n) is 7.68. The molecule has 120 valence electrons. The van der Waals surface area contributed by atoms with Crippen molar-refractivity contribution >= 4 is 32.7 Å². The van der Waals surface area contributed by atoms with Gasteiger partial charge in [-0.25, -0.2) is 9.78 Å². The lowest BCUT2D eigenvalue weighted by atomic mass is 10.1. The second-order valence-electron chi connectivity index (χ2n) is 6.35. The molecule has 5 rings (SSSR count). The smallest absolute Gasteiger partial charge is 0.324 e. The number of aromatic nitrogens is 1. The van der Waals surface area contributed by atoms with Gasteiger partial charge < -0.3 is 20.5 Å². The quantitative estimate of drug-likeness (QED) is 0.829. The van der Waals surface area contributed by atoms with Gasteiger partial charge in [0.25, 0.3) is 0 Å². The van der Waals surface area contributed by atoms with Crippen molar-refractivity contribution < 1.29 is 14.3 Å². The molecule has 2 amide bonds. The summed E-state index contributed by atoms with van der Waals surface area (Å²) >= 11 is 1.49. The number of urea groups is 1. The molecule has 2 aromatic rings. The average molecular weight is 332 g/mol. The second kappa shape index (κ2) is 4.48. The molecule has 3 heterocycles. The van der Waals surface area contributed by atoms with Crippen LogP contribution in [0.1, 0.15) is 13.3 Å². The molecular weight excluding hydrogens is 316 g/mol. The number of amides is 2. The summed E-state index contributed by atoms with van der Waals surface area (Å²) in [5, 5.41) is 3.70. The lowest BCUT2D eigenvalue weighted by Crippen LogP contribution is -2.44. The number of carbonyl (C=O) groups excluding carboxylic acids is 1. The maximum Gasteiger partial charge on any atom is 0.324 e. The van der Waals surface area contributed by atoms with Crippen LogP contribution in [0, 0.1) is 5.92 Å². The number of fused-ring (bicyclic) bond motifs is 4. The van der Waals surface area contributed by atoms with Crippen molar-refractivity contribution in [3.8, 4) is 11.5 Å². The van der Waals surface area contributed by atoms with Crippen molar-refractivity contribution in [3.05, 3.63) is 12.1 Å². The number of hydrogen-bond acceptors (Lipinski definition) is 6. The average Bonchev–Trinajstić information content (AvgIpc) is 3.24. The topological polar surface area (TPSA) is 89.7 Å². The van der Waals surface area contributed by atoms with Crippen LogP contribution in [0.15, 0.2) is 12.1 Å². The summed E-state index contributed by atoms with van der Waals surface area (Å²) < 4.78 is 11.9. The maximum absolute atomic E-state index is 12.4. The summed E-state index contributed by atoms with van der Waals surface area (Å²) in [4.78, 5) is 18.9. The fraction of sp³-hybridized carbons (Fsp3) is 0.467. The van der Waals surface area contributed by atoms with Gasteiger partial charge in [-0.05, 0) is 24.5 Å². The van der Waals surface area contributed by atoms with Crippen molar-refractivity contribution in [1.82, 2.24) is 10.3 Å². The third-order valence-corrected chi connectivity index (χ3v) is 6.05. The second-order valence-corrected chi connectivity index (χ2v) is 7.35. The molecule has 0 bridgehead atoms. The first-order valence-corrected chi connectivity index (χ1v) is 8.49. The number of nitrogens with one attached hydrogen (secondary N) is 1. The van der Waals surface area contributed by atoms with Crippen LogP contribution in [0.3, 0.4) is 0 Å². The van der Waals surface area contributed by atoms with E-state index in [-0.39, 0.29) is 30.9 Å². The Morgan fingerprint density at radius 1 is 1.43 bits per heavy atom. The first kappa shape index (κ1) is 13.4. The highest BCUT2D eigenvalue weighted by Crippen LogP contribution is 2.44. The van der Waals surface area contributed by atoms with Crippen molar-refractivity contribution in [2.45, 2.75) is 31.5 Å². The summed E-state index contributed by atoms with van der Waals surface area (Å²) in [6.45, 7) is 2.34. The number of nitrogens with two attached hydrogens (primary N) is 1. The number of nitrogens with zero attached hydrogens (tertiary/aromatic N) is 2. The minimum atomic E-state index is -0.116. The van der Waals surface area contributed by atoms with E-state index in [1.807, 2.05) is 12.1 Å². The van der Waals surface area contributed by atoms with E-state index in [9.17, 15) is 4.79 Å². The number of ether oxygens (including phenoxy) is 2. The summed E-state index contributed by atoms with van der Waals surface area (Å²) in [5.74, 6) is 1.75. The fourth-order valence-corrected chi connectivity index (χ4v) is 4.81. The molecule has 1 aliphatic carbocycles. The van der Waals surface area contributed by atoms with Crippen molar-refractivity contribution in [3.63, 3.8) is 0 Å². The molecule has 2 aliphatic heterocycles. The molecule has 8 heteroatoms. The van der Waals surface area contributed by atoms with Crippen molar-refractivity contribution in [2.24, 2.45) is 11.7 Å². The standard InChI is InChI=1S/C15H16N4O3S/c1-6-4-7-11(10(6)16)17-14(20)19(7)15-18-12-9(23-15)3-2-8-13(12)22-5-21-8/h2-3,6-7,10-11H,4-5,16H2,1H3,(H,17,20)/t6-,7+,10+,11+/m0/s1. The predicted octanol–water partition coefficient (Wildman–Crippen LogP) is 1.66. The maximum atomic E-state index is 12.4.